The highest BCUT2D eigenvalue weighted by Crippen LogP contribution is 2.10. The van der Waals surface area contributed by atoms with E-state index in [0.29, 0.717) is 5.82 Å². The number of aromatic hydroxyl groups is 1. The average molecular weight is 274 g/mol. The maximum absolute atomic E-state index is 11.9. The predicted octanol–water partition coefficient (Wildman–Crippen LogP) is 0.244. The molecule has 0 spiro atoms. The van der Waals surface area contributed by atoms with Gasteiger partial charge in [-0.3, -0.25) is 13.9 Å². The highest BCUT2D eigenvalue weighted by Gasteiger charge is 2.12. The van der Waals surface area contributed by atoms with Gasteiger partial charge in [0.1, 0.15) is 5.56 Å². The summed E-state index contributed by atoms with van der Waals surface area (Å²) in [6.45, 7) is 1.90. The van der Waals surface area contributed by atoms with Gasteiger partial charge in [0.25, 0.3) is 5.56 Å². The molecule has 0 radical (unpaired) electrons. The Bertz CT molecular complexity index is 785. The van der Waals surface area contributed by atoms with Crippen molar-refractivity contribution in [3.63, 3.8) is 0 Å². The minimum absolute atomic E-state index is 0.0584. The Balaban J connectivity index is 2.52. The van der Waals surface area contributed by atoms with Crippen molar-refractivity contribution in [2.24, 2.45) is 19.1 Å². The molecule has 2 rings (SSSR count). The fourth-order valence-electron chi connectivity index (χ4n) is 1.64. The van der Waals surface area contributed by atoms with Crippen LogP contribution in [0.4, 0.5) is 5.82 Å². The maximum atomic E-state index is 11.9. The Hall–Kier alpha value is -2.70. The number of nitrogens with zero attached hydrogens (tertiary/aromatic N) is 4. The molecule has 0 aliphatic rings. The van der Waals surface area contributed by atoms with E-state index < -0.39 is 17.1 Å². The summed E-state index contributed by atoms with van der Waals surface area (Å²) in [5.74, 6) is -0.0140. The maximum Gasteiger partial charge on any atom is 0.333 e. The number of aliphatic imine (C=N–C) groups is 1. The molecule has 0 saturated heterocycles. The minimum atomic E-state index is -0.610. The van der Waals surface area contributed by atoms with Crippen molar-refractivity contribution in [2.75, 3.05) is 0 Å². The summed E-state index contributed by atoms with van der Waals surface area (Å²) in [6.07, 6.45) is 2.85. The Kier molecular flexibility index (Phi) is 3.51. The van der Waals surface area contributed by atoms with Gasteiger partial charge in [0.2, 0.25) is 5.88 Å². The van der Waals surface area contributed by atoms with E-state index in [1.807, 2.05) is 13.0 Å². The smallest absolute Gasteiger partial charge is 0.333 e. The zero-order valence-corrected chi connectivity index (χ0v) is 11.4. The van der Waals surface area contributed by atoms with E-state index in [0.717, 1.165) is 14.7 Å². The van der Waals surface area contributed by atoms with Gasteiger partial charge in [-0.05, 0) is 18.6 Å². The molecule has 0 aliphatic heterocycles. The minimum Gasteiger partial charge on any atom is -0.494 e. The number of rotatable bonds is 2. The monoisotopic (exact) mass is 274 g/mol. The fourth-order valence-corrected chi connectivity index (χ4v) is 1.64. The molecular weight excluding hydrogens is 260 g/mol. The van der Waals surface area contributed by atoms with Crippen molar-refractivity contribution in [1.29, 1.82) is 0 Å². The lowest BCUT2D eigenvalue weighted by Gasteiger charge is -2.06. The molecule has 0 fully saturated rings. The molecule has 0 bridgehead atoms. The van der Waals surface area contributed by atoms with Crippen molar-refractivity contribution in [1.82, 2.24) is 14.1 Å². The van der Waals surface area contributed by atoms with Gasteiger partial charge in [0, 0.05) is 26.5 Å². The molecule has 2 heterocycles. The summed E-state index contributed by atoms with van der Waals surface area (Å²) >= 11 is 0. The molecule has 20 heavy (non-hydrogen) atoms. The summed E-state index contributed by atoms with van der Waals surface area (Å²) in [6, 6.07) is 3.52. The number of hydrogen-bond donors (Lipinski definition) is 1. The first-order valence-electron chi connectivity index (χ1n) is 5.87. The van der Waals surface area contributed by atoms with Gasteiger partial charge in [0.15, 0.2) is 5.82 Å². The molecule has 2 aromatic rings. The van der Waals surface area contributed by atoms with E-state index in [9.17, 15) is 14.7 Å². The van der Waals surface area contributed by atoms with Gasteiger partial charge in [-0.1, -0.05) is 6.07 Å². The summed E-state index contributed by atoms with van der Waals surface area (Å²) in [4.78, 5) is 31.6. The molecule has 0 amide bonds. The Morgan fingerprint density at radius 2 is 1.95 bits per heavy atom. The van der Waals surface area contributed by atoms with Crippen LogP contribution in [0, 0.1) is 6.92 Å². The summed E-state index contributed by atoms with van der Waals surface area (Å²) in [5.41, 5.74) is -0.277. The second kappa shape index (κ2) is 5.12. The topological polar surface area (TPSA) is 89.5 Å². The van der Waals surface area contributed by atoms with Gasteiger partial charge in [0.05, 0.1) is 0 Å². The van der Waals surface area contributed by atoms with Crippen molar-refractivity contribution in [2.45, 2.75) is 6.92 Å². The van der Waals surface area contributed by atoms with Crippen molar-refractivity contribution < 1.29 is 5.11 Å². The van der Waals surface area contributed by atoms with E-state index in [2.05, 4.69) is 9.98 Å². The third-order valence-corrected chi connectivity index (χ3v) is 2.89. The summed E-state index contributed by atoms with van der Waals surface area (Å²) in [7, 11) is 2.71. The van der Waals surface area contributed by atoms with Crippen LogP contribution in [0.25, 0.3) is 0 Å². The first-order chi connectivity index (χ1) is 9.41. The molecule has 0 atom stereocenters. The highest BCUT2D eigenvalue weighted by atomic mass is 16.3. The largest absolute Gasteiger partial charge is 0.494 e. The van der Waals surface area contributed by atoms with Crippen LogP contribution >= 0.6 is 0 Å². The van der Waals surface area contributed by atoms with Crippen LogP contribution in [0.3, 0.4) is 0 Å². The van der Waals surface area contributed by atoms with Crippen molar-refractivity contribution >= 4 is 12.0 Å². The van der Waals surface area contributed by atoms with Gasteiger partial charge < -0.3 is 5.11 Å². The first kappa shape index (κ1) is 13.7. The third-order valence-electron chi connectivity index (χ3n) is 2.89. The van der Waals surface area contributed by atoms with E-state index in [1.54, 1.807) is 12.3 Å². The fraction of sp³-hybridized carbons (Fsp3) is 0.231. The van der Waals surface area contributed by atoms with Gasteiger partial charge >= 0.3 is 5.69 Å². The van der Waals surface area contributed by atoms with E-state index in [4.69, 9.17) is 0 Å². The van der Waals surface area contributed by atoms with Gasteiger partial charge in [-0.15, -0.1) is 0 Å². The molecule has 0 unspecified atom stereocenters. The number of hydrogen-bond acceptors (Lipinski definition) is 5. The van der Waals surface area contributed by atoms with Crippen LogP contribution in [0.2, 0.25) is 0 Å². The Morgan fingerprint density at radius 3 is 2.55 bits per heavy atom. The SMILES string of the molecule is Cc1ccc(N=Cc2c(O)n(C)c(=O)n(C)c2=O)nc1. The molecule has 0 aliphatic carbocycles. The number of aromatic nitrogens is 3. The van der Waals surface area contributed by atoms with Gasteiger partial charge in [-0.2, -0.15) is 0 Å². The highest BCUT2D eigenvalue weighted by molar-refractivity contribution is 5.83. The Labute approximate surface area is 114 Å². The predicted molar refractivity (Wildman–Crippen MR) is 74.8 cm³/mol. The second-order valence-electron chi connectivity index (χ2n) is 4.39. The standard InChI is InChI=1S/C13H14N4O3/c1-8-4-5-10(14-6-8)15-7-9-11(18)16(2)13(20)17(3)12(9)19/h4-7,18H,1-3H3. The van der Waals surface area contributed by atoms with E-state index in [-0.39, 0.29) is 5.56 Å². The lowest BCUT2D eigenvalue weighted by Crippen LogP contribution is -2.38. The van der Waals surface area contributed by atoms with Gasteiger partial charge in [-0.25, -0.2) is 14.8 Å². The summed E-state index contributed by atoms with van der Waals surface area (Å²) < 4.78 is 1.88. The lowest BCUT2D eigenvalue weighted by molar-refractivity contribution is 0.410. The van der Waals surface area contributed by atoms with E-state index >= 15 is 0 Å². The number of pyridine rings is 1. The van der Waals surface area contributed by atoms with Crippen LogP contribution in [0.1, 0.15) is 11.1 Å². The lowest BCUT2D eigenvalue weighted by atomic mass is 10.3. The Morgan fingerprint density at radius 1 is 1.25 bits per heavy atom. The zero-order valence-electron chi connectivity index (χ0n) is 11.4. The van der Waals surface area contributed by atoms with Crippen molar-refractivity contribution in [3.8, 4) is 5.88 Å². The quantitative estimate of drug-likeness (QED) is 0.794. The number of aryl methyl sites for hydroxylation is 1. The molecule has 0 aromatic carbocycles. The van der Waals surface area contributed by atoms with Crippen LogP contribution in [0.15, 0.2) is 32.9 Å². The second-order valence-corrected chi connectivity index (χ2v) is 4.39. The molecular formula is C13H14N4O3. The average Bonchev–Trinajstić information content (AvgIpc) is 2.45. The first-order valence-corrected chi connectivity index (χ1v) is 5.87. The van der Waals surface area contributed by atoms with Crippen LogP contribution in [-0.2, 0) is 14.1 Å². The van der Waals surface area contributed by atoms with E-state index in [1.165, 1.54) is 20.3 Å². The molecule has 104 valence electrons. The molecule has 1 N–H and O–H groups in total. The third kappa shape index (κ3) is 2.37. The zero-order chi connectivity index (χ0) is 14.9. The normalized spacial score (nSPS) is 11.2. The van der Waals surface area contributed by atoms with Crippen LogP contribution in [-0.4, -0.2) is 25.4 Å². The van der Waals surface area contributed by atoms with Crippen LogP contribution < -0.4 is 11.2 Å². The molecule has 7 nitrogen and oxygen atoms in total. The van der Waals surface area contributed by atoms with Crippen LogP contribution in [0.5, 0.6) is 5.88 Å². The molecule has 7 heteroatoms. The van der Waals surface area contributed by atoms with Crippen molar-refractivity contribution in [3.05, 3.63) is 50.3 Å². The summed E-state index contributed by atoms with van der Waals surface area (Å²) in [5, 5.41) is 9.84. The molecule has 0 saturated carbocycles. The molecule has 2 aromatic heterocycles.